The highest BCUT2D eigenvalue weighted by Crippen LogP contribution is 2.19. The highest BCUT2D eigenvalue weighted by molar-refractivity contribution is 5.94. The largest absolute Gasteiger partial charge is 0.497 e. The van der Waals surface area contributed by atoms with E-state index in [1.54, 1.807) is 31.4 Å². The van der Waals surface area contributed by atoms with Gasteiger partial charge in [0.15, 0.2) is 0 Å². The summed E-state index contributed by atoms with van der Waals surface area (Å²) in [6.07, 6.45) is 1.72. The minimum Gasteiger partial charge on any atom is -0.497 e. The normalized spacial score (nSPS) is 14.8. The zero-order chi connectivity index (χ0) is 19.1. The SMILES string of the molecule is COc1cccc(C(=O)N2CCC(OCCOc3ccc(F)cc3)CC2)c1. The smallest absolute Gasteiger partial charge is 0.253 e. The zero-order valence-corrected chi connectivity index (χ0v) is 15.4. The molecule has 1 fully saturated rings. The summed E-state index contributed by atoms with van der Waals surface area (Å²) in [5, 5.41) is 0. The Hall–Kier alpha value is -2.60. The summed E-state index contributed by atoms with van der Waals surface area (Å²) < 4.78 is 29.4. The first-order valence-corrected chi connectivity index (χ1v) is 9.09. The standard InChI is InChI=1S/C21H24FNO4/c1-25-20-4-2-3-16(15-20)21(24)23-11-9-19(10-12-23)27-14-13-26-18-7-5-17(22)6-8-18/h2-8,15,19H,9-14H2,1H3. The average molecular weight is 373 g/mol. The Morgan fingerprint density at radius 3 is 2.52 bits per heavy atom. The summed E-state index contributed by atoms with van der Waals surface area (Å²) in [5.41, 5.74) is 0.640. The van der Waals surface area contributed by atoms with Gasteiger partial charge in [0, 0.05) is 18.7 Å². The number of rotatable bonds is 7. The average Bonchev–Trinajstić information content (AvgIpc) is 2.72. The van der Waals surface area contributed by atoms with Gasteiger partial charge in [-0.15, -0.1) is 0 Å². The van der Waals surface area contributed by atoms with Crippen LogP contribution in [0.3, 0.4) is 0 Å². The Morgan fingerprint density at radius 2 is 1.81 bits per heavy atom. The molecule has 1 aliphatic rings. The van der Waals surface area contributed by atoms with Gasteiger partial charge in [0.25, 0.3) is 5.91 Å². The van der Waals surface area contributed by atoms with Crippen molar-refractivity contribution in [2.75, 3.05) is 33.4 Å². The molecule has 0 atom stereocenters. The van der Waals surface area contributed by atoms with Gasteiger partial charge in [0.05, 0.1) is 19.8 Å². The lowest BCUT2D eigenvalue weighted by atomic mass is 10.1. The second-order valence-corrected chi connectivity index (χ2v) is 6.40. The predicted molar refractivity (Wildman–Crippen MR) is 99.8 cm³/mol. The van der Waals surface area contributed by atoms with E-state index in [0.717, 1.165) is 12.8 Å². The van der Waals surface area contributed by atoms with Crippen LogP contribution in [0.1, 0.15) is 23.2 Å². The van der Waals surface area contributed by atoms with Crippen molar-refractivity contribution in [3.8, 4) is 11.5 Å². The Kier molecular flexibility index (Phi) is 6.65. The number of benzene rings is 2. The Balaban J connectivity index is 1.38. The quantitative estimate of drug-likeness (QED) is 0.697. The van der Waals surface area contributed by atoms with Crippen molar-refractivity contribution < 1.29 is 23.4 Å². The number of amides is 1. The molecule has 0 N–H and O–H groups in total. The number of nitrogens with zero attached hydrogens (tertiary/aromatic N) is 1. The molecule has 2 aromatic carbocycles. The summed E-state index contributed by atoms with van der Waals surface area (Å²) >= 11 is 0. The third kappa shape index (κ3) is 5.44. The summed E-state index contributed by atoms with van der Waals surface area (Å²) in [7, 11) is 1.59. The van der Waals surface area contributed by atoms with Gasteiger partial charge in [0.1, 0.15) is 23.9 Å². The summed E-state index contributed by atoms with van der Waals surface area (Å²) in [5.74, 6) is 1.04. The first-order valence-electron chi connectivity index (χ1n) is 9.09. The van der Waals surface area contributed by atoms with Crippen molar-refractivity contribution in [1.82, 2.24) is 4.90 Å². The van der Waals surface area contributed by atoms with Crippen LogP contribution in [-0.2, 0) is 4.74 Å². The Labute approximate surface area is 158 Å². The number of hydrogen-bond acceptors (Lipinski definition) is 4. The van der Waals surface area contributed by atoms with Gasteiger partial charge < -0.3 is 19.1 Å². The lowest BCUT2D eigenvalue weighted by molar-refractivity contribution is -0.00239. The van der Waals surface area contributed by atoms with Gasteiger partial charge in [-0.05, 0) is 55.3 Å². The molecule has 27 heavy (non-hydrogen) atoms. The molecule has 3 rings (SSSR count). The number of halogens is 1. The number of likely N-dealkylation sites (tertiary alicyclic amines) is 1. The predicted octanol–water partition coefficient (Wildman–Crippen LogP) is 3.53. The van der Waals surface area contributed by atoms with E-state index in [2.05, 4.69) is 0 Å². The minimum atomic E-state index is -0.283. The van der Waals surface area contributed by atoms with Crippen molar-refractivity contribution >= 4 is 5.91 Å². The highest BCUT2D eigenvalue weighted by Gasteiger charge is 2.24. The topological polar surface area (TPSA) is 48.0 Å². The lowest BCUT2D eigenvalue weighted by Crippen LogP contribution is -2.41. The van der Waals surface area contributed by atoms with Crippen LogP contribution < -0.4 is 9.47 Å². The van der Waals surface area contributed by atoms with Crippen molar-refractivity contribution in [1.29, 1.82) is 0 Å². The van der Waals surface area contributed by atoms with E-state index < -0.39 is 0 Å². The molecule has 0 bridgehead atoms. The van der Waals surface area contributed by atoms with E-state index in [4.69, 9.17) is 14.2 Å². The molecular weight excluding hydrogens is 349 g/mol. The number of carbonyl (C=O) groups is 1. The van der Waals surface area contributed by atoms with E-state index in [9.17, 15) is 9.18 Å². The highest BCUT2D eigenvalue weighted by atomic mass is 19.1. The van der Waals surface area contributed by atoms with Gasteiger partial charge >= 0.3 is 0 Å². The molecule has 0 aliphatic carbocycles. The fraction of sp³-hybridized carbons (Fsp3) is 0.381. The van der Waals surface area contributed by atoms with Crippen molar-refractivity contribution in [2.45, 2.75) is 18.9 Å². The maximum absolute atomic E-state index is 12.8. The molecule has 6 heteroatoms. The fourth-order valence-corrected chi connectivity index (χ4v) is 3.07. The van der Waals surface area contributed by atoms with Gasteiger partial charge in [-0.3, -0.25) is 4.79 Å². The number of hydrogen-bond donors (Lipinski definition) is 0. The van der Waals surface area contributed by atoms with Gasteiger partial charge in [0.2, 0.25) is 0 Å². The molecule has 144 valence electrons. The fourth-order valence-electron chi connectivity index (χ4n) is 3.07. The molecule has 5 nitrogen and oxygen atoms in total. The van der Waals surface area contributed by atoms with Crippen LogP contribution in [0.25, 0.3) is 0 Å². The maximum atomic E-state index is 12.8. The molecule has 1 heterocycles. The van der Waals surface area contributed by atoms with E-state index in [1.165, 1.54) is 12.1 Å². The van der Waals surface area contributed by atoms with Crippen molar-refractivity contribution in [2.24, 2.45) is 0 Å². The second-order valence-electron chi connectivity index (χ2n) is 6.40. The molecule has 0 saturated carbocycles. The van der Waals surface area contributed by atoms with Crippen LogP contribution in [0.2, 0.25) is 0 Å². The number of methoxy groups -OCH3 is 1. The molecular formula is C21H24FNO4. The maximum Gasteiger partial charge on any atom is 0.253 e. The van der Waals surface area contributed by atoms with Crippen LogP contribution in [0.5, 0.6) is 11.5 Å². The summed E-state index contributed by atoms with van der Waals surface area (Å²) in [6.45, 7) is 2.21. The van der Waals surface area contributed by atoms with Gasteiger partial charge in [-0.25, -0.2) is 4.39 Å². The zero-order valence-electron chi connectivity index (χ0n) is 15.4. The number of carbonyl (C=O) groups excluding carboxylic acids is 1. The van der Waals surface area contributed by atoms with Crippen molar-refractivity contribution in [3.05, 3.63) is 59.9 Å². The molecule has 1 aliphatic heterocycles. The molecule has 0 aromatic heterocycles. The second kappa shape index (κ2) is 9.37. The summed E-state index contributed by atoms with van der Waals surface area (Å²) in [6, 6.07) is 13.1. The molecule has 2 aromatic rings. The van der Waals surface area contributed by atoms with E-state index in [-0.39, 0.29) is 17.8 Å². The van der Waals surface area contributed by atoms with Crippen LogP contribution in [0.15, 0.2) is 48.5 Å². The van der Waals surface area contributed by atoms with Gasteiger partial charge in [-0.2, -0.15) is 0 Å². The first-order chi connectivity index (χ1) is 13.2. The van der Waals surface area contributed by atoms with Crippen molar-refractivity contribution in [3.63, 3.8) is 0 Å². The van der Waals surface area contributed by atoms with Gasteiger partial charge in [-0.1, -0.05) is 6.07 Å². The third-order valence-electron chi connectivity index (χ3n) is 4.57. The number of piperidine rings is 1. The molecule has 0 radical (unpaired) electrons. The molecule has 0 spiro atoms. The van der Waals surface area contributed by atoms with Crippen LogP contribution in [0.4, 0.5) is 4.39 Å². The summed E-state index contributed by atoms with van der Waals surface area (Å²) in [4.78, 5) is 14.4. The minimum absolute atomic E-state index is 0.0204. The molecule has 0 unspecified atom stereocenters. The van der Waals surface area contributed by atoms with E-state index >= 15 is 0 Å². The van der Waals surface area contributed by atoms with E-state index in [0.29, 0.717) is 43.4 Å². The Morgan fingerprint density at radius 1 is 1.07 bits per heavy atom. The number of ether oxygens (including phenoxy) is 3. The van der Waals surface area contributed by atoms with Crippen LogP contribution in [-0.4, -0.2) is 50.3 Å². The lowest BCUT2D eigenvalue weighted by Gasteiger charge is -2.32. The van der Waals surface area contributed by atoms with E-state index in [1.807, 2.05) is 17.0 Å². The third-order valence-corrected chi connectivity index (χ3v) is 4.57. The molecule has 1 saturated heterocycles. The first kappa shape index (κ1) is 19.2. The van der Waals surface area contributed by atoms with Crippen LogP contribution >= 0.6 is 0 Å². The monoisotopic (exact) mass is 373 g/mol. The Bertz CT molecular complexity index is 742. The molecule has 1 amide bonds. The van der Waals surface area contributed by atoms with Crippen LogP contribution in [0, 0.1) is 5.82 Å².